The van der Waals surface area contributed by atoms with Gasteiger partial charge in [0.1, 0.15) is 17.2 Å². The number of anilines is 1. The fourth-order valence-electron chi connectivity index (χ4n) is 1.33. The van der Waals surface area contributed by atoms with Crippen LogP contribution in [0.4, 0.5) is 19.3 Å². The highest BCUT2D eigenvalue weighted by atomic mass is 79.9. The van der Waals surface area contributed by atoms with Crippen LogP contribution in [0, 0.1) is 11.6 Å². The molecule has 0 saturated heterocycles. The van der Waals surface area contributed by atoms with E-state index in [2.05, 4.69) is 26.6 Å². The van der Waals surface area contributed by atoms with Crippen LogP contribution < -0.4 is 10.6 Å². The highest BCUT2D eigenvalue weighted by molar-refractivity contribution is 9.10. The number of hydrogen-bond donors (Lipinski definition) is 2. The Morgan fingerprint density at radius 3 is 2.50 bits per heavy atom. The third-order valence-electron chi connectivity index (χ3n) is 2.12. The zero-order valence-electron chi connectivity index (χ0n) is 11.5. The summed E-state index contributed by atoms with van der Waals surface area (Å²) in [6.07, 6.45) is -0.542. The van der Waals surface area contributed by atoms with Crippen LogP contribution in [0.2, 0.25) is 0 Å². The zero-order valence-corrected chi connectivity index (χ0v) is 13.1. The topological polar surface area (TPSA) is 50.4 Å². The second-order valence-electron chi connectivity index (χ2n) is 5.10. The predicted octanol–water partition coefficient (Wildman–Crippen LogP) is 3.66. The molecule has 0 unspecified atom stereocenters. The van der Waals surface area contributed by atoms with E-state index in [1.54, 1.807) is 20.8 Å². The summed E-state index contributed by atoms with van der Waals surface area (Å²) in [7, 11) is 0. The lowest BCUT2D eigenvalue weighted by Crippen LogP contribution is -2.35. The lowest BCUT2D eigenvalue weighted by Gasteiger charge is -2.19. The van der Waals surface area contributed by atoms with E-state index in [4.69, 9.17) is 4.74 Å². The van der Waals surface area contributed by atoms with Gasteiger partial charge in [0, 0.05) is 19.2 Å². The fourth-order valence-corrected chi connectivity index (χ4v) is 1.68. The molecule has 4 nitrogen and oxygen atoms in total. The molecule has 2 N–H and O–H groups in total. The molecule has 112 valence electrons. The zero-order chi connectivity index (χ0) is 15.3. The smallest absolute Gasteiger partial charge is 0.407 e. The van der Waals surface area contributed by atoms with Gasteiger partial charge in [0.05, 0.1) is 10.2 Å². The van der Waals surface area contributed by atoms with Crippen molar-refractivity contribution >= 4 is 27.7 Å². The minimum Gasteiger partial charge on any atom is -0.444 e. The molecule has 0 aliphatic carbocycles. The van der Waals surface area contributed by atoms with Gasteiger partial charge in [0.25, 0.3) is 0 Å². The summed E-state index contributed by atoms with van der Waals surface area (Å²) in [5, 5.41) is 5.28. The molecular formula is C13H17BrF2N2O2. The second kappa shape index (κ2) is 6.88. The SMILES string of the molecule is CC(C)(C)OC(=O)NCCNc1cc(Br)c(F)cc1F. The fraction of sp³-hybridized carbons (Fsp3) is 0.462. The Labute approximate surface area is 125 Å². The van der Waals surface area contributed by atoms with E-state index >= 15 is 0 Å². The summed E-state index contributed by atoms with van der Waals surface area (Å²) >= 11 is 2.97. The maximum absolute atomic E-state index is 13.4. The number of amides is 1. The number of nitrogens with one attached hydrogen (secondary N) is 2. The Bertz CT molecular complexity index is 490. The van der Waals surface area contributed by atoms with Crippen molar-refractivity contribution in [3.05, 3.63) is 28.2 Å². The number of hydrogen-bond acceptors (Lipinski definition) is 3. The van der Waals surface area contributed by atoms with Crippen LogP contribution in [0.15, 0.2) is 16.6 Å². The van der Waals surface area contributed by atoms with E-state index < -0.39 is 23.3 Å². The van der Waals surface area contributed by atoms with E-state index in [-0.39, 0.29) is 23.2 Å². The van der Waals surface area contributed by atoms with Gasteiger partial charge in [-0.1, -0.05) is 0 Å². The lowest BCUT2D eigenvalue weighted by atomic mass is 10.2. The Kier molecular flexibility index (Phi) is 5.74. The van der Waals surface area contributed by atoms with Crippen LogP contribution in [-0.4, -0.2) is 24.8 Å². The normalized spacial score (nSPS) is 11.1. The highest BCUT2D eigenvalue weighted by Crippen LogP contribution is 2.23. The molecule has 0 aliphatic rings. The molecule has 0 fully saturated rings. The average Bonchev–Trinajstić information content (AvgIpc) is 2.28. The van der Waals surface area contributed by atoms with Gasteiger partial charge in [-0.15, -0.1) is 0 Å². The molecule has 20 heavy (non-hydrogen) atoms. The van der Waals surface area contributed by atoms with Crippen molar-refractivity contribution in [3.8, 4) is 0 Å². The summed E-state index contributed by atoms with van der Waals surface area (Å²) in [6.45, 7) is 5.82. The molecular weight excluding hydrogens is 334 g/mol. The number of rotatable bonds is 4. The van der Waals surface area contributed by atoms with Gasteiger partial charge < -0.3 is 15.4 Å². The molecule has 0 heterocycles. The Morgan fingerprint density at radius 2 is 1.90 bits per heavy atom. The van der Waals surface area contributed by atoms with Gasteiger partial charge in [-0.25, -0.2) is 13.6 Å². The molecule has 0 spiro atoms. The predicted molar refractivity (Wildman–Crippen MR) is 76.8 cm³/mol. The van der Waals surface area contributed by atoms with Gasteiger partial charge in [-0.3, -0.25) is 0 Å². The average molecular weight is 351 g/mol. The Balaban J connectivity index is 2.38. The van der Waals surface area contributed by atoms with Crippen LogP contribution in [-0.2, 0) is 4.74 Å². The first-order valence-electron chi connectivity index (χ1n) is 6.04. The summed E-state index contributed by atoms with van der Waals surface area (Å²) in [5.41, 5.74) is -0.407. The standard InChI is InChI=1S/C13H17BrF2N2O2/c1-13(2,3)20-12(19)18-5-4-17-11-6-8(14)9(15)7-10(11)16/h6-7,17H,4-5H2,1-3H3,(H,18,19). The van der Waals surface area contributed by atoms with Crippen LogP contribution >= 0.6 is 15.9 Å². The van der Waals surface area contributed by atoms with Gasteiger partial charge >= 0.3 is 6.09 Å². The molecule has 0 aromatic heterocycles. The minimum atomic E-state index is -0.692. The van der Waals surface area contributed by atoms with E-state index in [1.165, 1.54) is 6.07 Å². The third kappa shape index (κ3) is 5.73. The molecule has 0 radical (unpaired) electrons. The molecule has 1 aromatic carbocycles. The van der Waals surface area contributed by atoms with Crippen molar-refractivity contribution in [1.29, 1.82) is 0 Å². The minimum absolute atomic E-state index is 0.157. The van der Waals surface area contributed by atoms with Crippen LogP contribution in [0.1, 0.15) is 20.8 Å². The molecule has 7 heteroatoms. The van der Waals surface area contributed by atoms with Gasteiger partial charge in [-0.2, -0.15) is 0 Å². The monoisotopic (exact) mass is 350 g/mol. The number of benzene rings is 1. The molecule has 0 bridgehead atoms. The van der Waals surface area contributed by atoms with Crippen molar-refractivity contribution in [2.75, 3.05) is 18.4 Å². The van der Waals surface area contributed by atoms with Crippen molar-refractivity contribution in [2.24, 2.45) is 0 Å². The summed E-state index contributed by atoms with van der Waals surface area (Å²) < 4.78 is 31.6. The second-order valence-corrected chi connectivity index (χ2v) is 5.96. The summed E-state index contributed by atoms with van der Waals surface area (Å²) in [5.74, 6) is -1.36. The quantitative estimate of drug-likeness (QED) is 0.643. The molecule has 0 saturated carbocycles. The molecule has 1 rings (SSSR count). The van der Waals surface area contributed by atoms with E-state index in [1.807, 2.05) is 0 Å². The van der Waals surface area contributed by atoms with E-state index in [9.17, 15) is 13.6 Å². The molecule has 0 aliphatic heterocycles. The molecule has 1 aromatic rings. The number of carbonyl (C=O) groups is 1. The van der Waals surface area contributed by atoms with Crippen molar-refractivity contribution < 1.29 is 18.3 Å². The first kappa shape index (κ1) is 16.7. The van der Waals surface area contributed by atoms with Crippen molar-refractivity contribution in [2.45, 2.75) is 26.4 Å². The number of carbonyl (C=O) groups excluding carboxylic acids is 1. The van der Waals surface area contributed by atoms with Crippen LogP contribution in [0.25, 0.3) is 0 Å². The van der Waals surface area contributed by atoms with Gasteiger partial charge in [-0.05, 0) is 42.8 Å². The first-order chi connectivity index (χ1) is 9.19. The maximum Gasteiger partial charge on any atom is 0.407 e. The van der Waals surface area contributed by atoms with E-state index in [0.29, 0.717) is 0 Å². The number of halogens is 3. The van der Waals surface area contributed by atoms with Crippen molar-refractivity contribution in [1.82, 2.24) is 5.32 Å². The maximum atomic E-state index is 13.4. The van der Waals surface area contributed by atoms with Crippen LogP contribution in [0.5, 0.6) is 0 Å². The number of ether oxygens (including phenoxy) is 1. The summed E-state index contributed by atoms with van der Waals surface area (Å²) in [6, 6.07) is 2.09. The largest absolute Gasteiger partial charge is 0.444 e. The Hall–Kier alpha value is -1.37. The lowest BCUT2D eigenvalue weighted by molar-refractivity contribution is 0.0530. The Morgan fingerprint density at radius 1 is 1.25 bits per heavy atom. The van der Waals surface area contributed by atoms with Crippen LogP contribution in [0.3, 0.4) is 0 Å². The molecule has 0 atom stereocenters. The van der Waals surface area contributed by atoms with Gasteiger partial charge in [0.2, 0.25) is 0 Å². The first-order valence-corrected chi connectivity index (χ1v) is 6.83. The van der Waals surface area contributed by atoms with Crippen molar-refractivity contribution in [3.63, 3.8) is 0 Å². The van der Waals surface area contributed by atoms with E-state index in [0.717, 1.165) is 6.07 Å². The molecule has 1 amide bonds. The highest BCUT2D eigenvalue weighted by Gasteiger charge is 2.15. The third-order valence-corrected chi connectivity index (χ3v) is 2.73. The number of alkyl carbamates (subject to hydrolysis) is 1. The van der Waals surface area contributed by atoms with Gasteiger partial charge in [0.15, 0.2) is 0 Å². The summed E-state index contributed by atoms with van der Waals surface area (Å²) in [4.78, 5) is 11.3.